The molecule has 0 radical (unpaired) electrons. The monoisotopic (exact) mass is 394 g/mol. The zero-order valence-electron chi connectivity index (χ0n) is 18.2. The molecule has 1 atom stereocenters. The summed E-state index contributed by atoms with van der Waals surface area (Å²) in [5.74, 6) is 2.10. The third kappa shape index (κ3) is 7.59. The molecule has 1 aromatic rings. The molecule has 0 saturated carbocycles. The van der Waals surface area contributed by atoms with Gasteiger partial charge in [0.25, 0.3) is 0 Å². The Labute approximate surface area is 170 Å². The van der Waals surface area contributed by atoms with Gasteiger partial charge in [0.1, 0.15) is 12.7 Å². The third-order valence-electron chi connectivity index (χ3n) is 5.40. The van der Waals surface area contributed by atoms with E-state index in [0.717, 1.165) is 39.1 Å². The molecule has 6 nitrogen and oxygen atoms in total. The Morgan fingerprint density at radius 3 is 2.54 bits per heavy atom. The van der Waals surface area contributed by atoms with Gasteiger partial charge in [0, 0.05) is 38.9 Å². The second-order valence-corrected chi connectivity index (χ2v) is 8.24. The van der Waals surface area contributed by atoms with Crippen LogP contribution in [0.15, 0.2) is 18.2 Å². The van der Waals surface area contributed by atoms with E-state index < -0.39 is 6.10 Å². The maximum Gasteiger partial charge on any atom is 0.161 e. The topological polar surface area (TPSA) is 54.4 Å². The number of methoxy groups -OCH3 is 1. The van der Waals surface area contributed by atoms with Crippen molar-refractivity contribution in [3.8, 4) is 11.5 Å². The van der Waals surface area contributed by atoms with Crippen LogP contribution in [0, 0.1) is 5.92 Å². The van der Waals surface area contributed by atoms with Crippen molar-refractivity contribution in [2.24, 2.45) is 5.92 Å². The zero-order valence-corrected chi connectivity index (χ0v) is 18.2. The van der Waals surface area contributed by atoms with Crippen molar-refractivity contribution in [2.45, 2.75) is 45.4 Å². The minimum absolute atomic E-state index is 0.246. The van der Waals surface area contributed by atoms with Crippen molar-refractivity contribution < 1.29 is 19.3 Å². The highest BCUT2D eigenvalue weighted by Crippen LogP contribution is 2.29. The highest BCUT2D eigenvalue weighted by molar-refractivity contribution is 5.43. The van der Waals surface area contributed by atoms with E-state index in [1.165, 1.54) is 5.56 Å². The van der Waals surface area contributed by atoms with E-state index in [1.807, 2.05) is 19.2 Å². The Kier molecular flexibility index (Phi) is 9.51. The van der Waals surface area contributed by atoms with Crippen LogP contribution in [0.4, 0.5) is 0 Å². The van der Waals surface area contributed by atoms with E-state index in [2.05, 4.69) is 36.8 Å². The number of rotatable bonds is 11. The average molecular weight is 395 g/mol. The summed E-state index contributed by atoms with van der Waals surface area (Å²) in [6, 6.07) is 6.43. The standard InChI is InChI=1S/C22H38N2O4/c1-17(2)24(4)15-20(25)16-28-21-7-6-19(12-22(21)26-5)14-23(3)13-18-8-10-27-11-9-18/h6-7,12,17-18,20,25H,8-11,13-16H2,1-5H3. The van der Waals surface area contributed by atoms with Gasteiger partial charge in [0.15, 0.2) is 11.5 Å². The number of benzene rings is 1. The molecule has 1 aliphatic heterocycles. The smallest absolute Gasteiger partial charge is 0.161 e. The van der Waals surface area contributed by atoms with Gasteiger partial charge in [-0.15, -0.1) is 0 Å². The van der Waals surface area contributed by atoms with Crippen molar-refractivity contribution in [3.05, 3.63) is 23.8 Å². The maximum atomic E-state index is 10.2. The fraction of sp³-hybridized carbons (Fsp3) is 0.727. The molecule has 1 fully saturated rings. The molecule has 1 aliphatic rings. The predicted octanol–water partition coefficient (Wildman–Crippen LogP) is 2.63. The molecule has 0 amide bonds. The van der Waals surface area contributed by atoms with Gasteiger partial charge < -0.3 is 29.1 Å². The molecule has 0 aromatic heterocycles. The minimum Gasteiger partial charge on any atom is -0.493 e. The third-order valence-corrected chi connectivity index (χ3v) is 5.40. The average Bonchev–Trinajstić information content (AvgIpc) is 2.67. The first-order chi connectivity index (χ1) is 13.4. The number of aliphatic hydroxyl groups excluding tert-OH is 1. The first-order valence-corrected chi connectivity index (χ1v) is 10.3. The molecule has 0 aliphatic carbocycles. The van der Waals surface area contributed by atoms with Crippen LogP contribution in [0.3, 0.4) is 0 Å². The highest BCUT2D eigenvalue weighted by Gasteiger charge is 2.17. The molecular weight excluding hydrogens is 356 g/mol. The van der Waals surface area contributed by atoms with Crippen LogP contribution in [0.5, 0.6) is 11.5 Å². The largest absolute Gasteiger partial charge is 0.493 e. The van der Waals surface area contributed by atoms with Gasteiger partial charge in [-0.1, -0.05) is 6.07 Å². The lowest BCUT2D eigenvalue weighted by atomic mass is 10.00. The molecule has 0 spiro atoms. The molecule has 1 unspecified atom stereocenters. The van der Waals surface area contributed by atoms with Crippen LogP contribution >= 0.6 is 0 Å². The van der Waals surface area contributed by atoms with Gasteiger partial charge in [-0.05, 0) is 64.4 Å². The summed E-state index contributed by atoms with van der Waals surface area (Å²) in [5, 5.41) is 10.2. The van der Waals surface area contributed by atoms with E-state index in [4.69, 9.17) is 14.2 Å². The fourth-order valence-corrected chi connectivity index (χ4v) is 3.46. The Bertz CT molecular complexity index is 576. The predicted molar refractivity (Wildman–Crippen MR) is 112 cm³/mol. The normalized spacial score (nSPS) is 16.8. The van der Waals surface area contributed by atoms with Gasteiger partial charge in [-0.25, -0.2) is 0 Å². The summed E-state index contributed by atoms with van der Waals surface area (Å²) in [5.41, 5.74) is 1.19. The molecule has 1 N–H and O–H groups in total. The summed E-state index contributed by atoms with van der Waals surface area (Å²) >= 11 is 0. The number of likely N-dealkylation sites (N-methyl/N-ethyl adjacent to an activating group) is 1. The van der Waals surface area contributed by atoms with Crippen LogP contribution in [-0.2, 0) is 11.3 Å². The molecule has 28 heavy (non-hydrogen) atoms. The van der Waals surface area contributed by atoms with Crippen LogP contribution in [-0.4, -0.2) is 81.2 Å². The van der Waals surface area contributed by atoms with Crippen molar-refractivity contribution in [2.75, 3.05) is 54.1 Å². The van der Waals surface area contributed by atoms with E-state index in [-0.39, 0.29) is 6.61 Å². The number of ether oxygens (including phenoxy) is 3. The maximum absolute atomic E-state index is 10.2. The second kappa shape index (κ2) is 11.6. The molecule has 1 heterocycles. The van der Waals surface area contributed by atoms with Crippen molar-refractivity contribution >= 4 is 0 Å². The van der Waals surface area contributed by atoms with Gasteiger partial charge in [-0.2, -0.15) is 0 Å². The highest BCUT2D eigenvalue weighted by atomic mass is 16.5. The Morgan fingerprint density at radius 2 is 1.89 bits per heavy atom. The first kappa shape index (κ1) is 22.9. The lowest BCUT2D eigenvalue weighted by Crippen LogP contribution is -2.36. The summed E-state index contributed by atoms with van der Waals surface area (Å²) in [7, 11) is 5.81. The number of hydrogen-bond donors (Lipinski definition) is 1. The molecule has 160 valence electrons. The molecule has 2 rings (SSSR count). The summed E-state index contributed by atoms with van der Waals surface area (Å²) in [4.78, 5) is 4.46. The number of hydrogen-bond acceptors (Lipinski definition) is 6. The van der Waals surface area contributed by atoms with Gasteiger partial charge in [0.2, 0.25) is 0 Å². The quantitative estimate of drug-likeness (QED) is 0.623. The first-order valence-electron chi connectivity index (χ1n) is 10.3. The lowest BCUT2D eigenvalue weighted by Gasteiger charge is -2.27. The lowest BCUT2D eigenvalue weighted by molar-refractivity contribution is 0.0549. The Hall–Kier alpha value is -1.34. The van der Waals surface area contributed by atoms with Crippen LogP contribution in [0.1, 0.15) is 32.3 Å². The molecule has 6 heteroatoms. The Morgan fingerprint density at radius 1 is 1.18 bits per heavy atom. The molecular formula is C22H38N2O4. The van der Waals surface area contributed by atoms with E-state index in [1.54, 1.807) is 7.11 Å². The van der Waals surface area contributed by atoms with Crippen LogP contribution < -0.4 is 9.47 Å². The van der Waals surface area contributed by atoms with E-state index >= 15 is 0 Å². The summed E-state index contributed by atoms with van der Waals surface area (Å²) in [6.07, 6.45) is 1.76. The van der Waals surface area contributed by atoms with Gasteiger partial charge in [-0.3, -0.25) is 0 Å². The second-order valence-electron chi connectivity index (χ2n) is 8.24. The fourth-order valence-electron chi connectivity index (χ4n) is 3.46. The molecule has 1 aromatic carbocycles. The number of nitrogens with zero attached hydrogens (tertiary/aromatic N) is 2. The zero-order chi connectivity index (χ0) is 20.5. The summed E-state index contributed by atoms with van der Waals surface area (Å²) in [6.45, 7) is 8.76. The van der Waals surface area contributed by atoms with Crippen molar-refractivity contribution in [3.63, 3.8) is 0 Å². The van der Waals surface area contributed by atoms with Crippen molar-refractivity contribution in [1.82, 2.24) is 9.80 Å². The van der Waals surface area contributed by atoms with Crippen LogP contribution in [0.25, 0.3) is 0 Å². The Balaban J connectivity index is 1.86. The molecule has 0 bridgehead atoms. The van der Waals surface area contributed by atoms with Gasteiger partial charge >= 0.3 is 0 Å². The minimum atomic E-state index is -0.539. The van der Waals surface area contributed by atoms with Gasteiger partial charge in [0.05, 0.1) is 7.11 Å². The van der Waals surface area contributed by atoms with E-state index in [0.29, 0.717) is 30.0 Å². The SMILES string of the molecule is COc1cc(CN(C)CC2CCOCC2)ccc1OCC(O)CN(C)C(C)C. The summed E-state index contributed by atoms with van der Waals surface area (Å²) < 4.78 is 16.8. The van der Waals surface area contributed by atoms with E-state index in [9.17, 15) is 5.11 Å². The van der Waals surface area contributed by atoms with Crippen molar-refractivity contribution in [1.29, 1.82) is 0 Å². The molecule has 1 saturated heterocycles. The number of aliphatic hydroxyl groups is 1. The van der Waals surface area contributed by atoms with Crippen LogP contribution in [0.2, 0.25) is 0 Å².